The number of rotatable bonds is 14. The SMILES string of the molecule is CCCCCCCCCCCCC[N+](C)([O-])CCO. The number of quaternary nitrogens is 1. The molecule has 1 atom stereocenters. The lowest BCUT2D eigenvalue weighted by molar-refractivity contribution is -0.861. The molecule has 0 aliphatic rings. The molecule has 0 fully saturated rings. The fourth-order valence-electron chi connectivity index (χ4n) is 2.43. The summed E-state index contributed by atoms with van der Waals surface area (Å²) in [6.45, 7) is 3.24. The summed E-state index contributed by atoms with van der Waals surface area (Å²) in [5.41, 5.74) is 0. The van der Waals surface area contributed by atoms with Gasteiger partial charge in [0.05, 0.1) is 20.2 Å². The number of aliphatic hydroxyl groups is 1. The summed E-state index contributed by atoms with van der Waals surface area (Å²) in [6, 6.07) is 0. The van der Waals surface area contributed by atoms with E-state index >= 15 is 0 Å². The van der Waals surface area contributed by atoms with Gasteiger partial charge in [0.1, 0.15) is 6.54 Å². The van der Waals surface area contributed by atoms with E-state index in [1.807, 2.05) is 0 Å². The number of aliphatic hydroxyl groups excluding tert-OH is 1. The standard InChI is InChI=1S/C16H35NO2/c1-3-4-5-6-7-8-9-10-11-12-13-14-17(2,19)15-16-18/h18H,3-16H2,1-2H3. The predicted molar refractivity (Wildman–Crippen MR) is 82.8 cm³/mol. The average molecular weight is 273 g/mol. The summed E-state index contributed by atoms with van der Waals surface area (Å²) in [5, 5.41) is 20.5. The van der Waals surface area contributed by atoms with E-state index in [0.29, 0.717) is 13.1 Å². The van der Waals surface area contributed by atoms with Crippen LogP contribution in [0.3, 0.4) is 0 Å². The second kappa shape index (κ2) is 12.9. The first-order chi connectivity index (χ1) is 9.12. The number of likely N-dealkylation sites (N-methyl/N-ethyl adjacent to an activating group) is 1. The normalized spacial score (nSPS) is 14.5. The Morgan fingerprint density at radius 3 is 1.58 bits per heavy atom. The third-order valence-electron chi connectivity index (χ3n) is 3.81. The lowest BCUT2D eigenvalue weighted by atomic mass is 10.1. The summed E-state index contributed by atoms with van der Waals surface area (Å²) in [7, 11) is 1.66. The molecule has 116 valence electrons. The van der Waals surface area contributed by atoms with Crippen LogP contribution in [0.2, 0.25) is 0 Å². The lowest BCUT2D eigenvalue weighted by Gasteiger charge is -2.38. The van der Waals surface area contributed by atoms with Gasteiger partial charge in [0.25, 0.3) is 0 Å². The largest absolute Gasteiger partial charge is 0.633 e. The maximum absolute atomic E-state index is 11.7. The van der Waals surface area contributed by atoms with Crippen LogP contribution in [0.15, 0.2) is 0 Å². The molecule has 19 heavy (non-hydrogen) atoms. The van der Waals surface area contributed by atoms with Gasteiger partial charge in [-0.3, -0.25) is 0 Å². The van der Waals surface area contributed by atoms with Crippen molar-refractivity contribution in [1.82, 2.24) is 0 Å². The van der Waals surface area contributed by atoms with Crippen LogP contribution in [-0.4, -0.2) is 36.5 Å². The van der Waals surface area contributed by atoms with Crippen molar-refractivity contribution in [3.63, 3.8) is 0 Å². The topological polar surface area (TPSA) is 43.3 Å². The molecule has 0 amide bonds. The van der Waals surface area contributed by atoms with Gasteiger partial charge in [0.2, 0.25) is 0 Å². The van der Waals surface area contributed by atoms with Gasteiger partial charge >= 0.3 is 0 Å². The Labute approximate surface area is 120 Å². The molecule has 0 aromatic heterocycles. The monoisotopic (exact) mass is 273 g/mol. The Bertz CT molecular complexity index is 184. The summed E-state index contributed by atoms with van der Waals surface area (Å²) >= 11 is 0. The molecular formula is C16H35NO2. The van der Waals surface area contributed by atoms with E-state index in [9.17, 15) is 5.21 Å². The maximum Gasteiger partial charge on any atom is 0.102 e. The highest BCUT2D eigenvalue weighted by Gasteiger charge is 2.07. The third-order valence-corrected chi connectivity index (χ3v) is 3.81. The van der Waals surface area contributed by atoms with Gasteiger partial charge in [-0.05, 0) is 12.8 Å². The van der Waals surface area contributed by atoms with Crippen molar-refractivity contribution in [2.75, 3.05) is 26.7 Å². The number of hydroxylamine groups is 3. The fraction of sp³-hybridized carbons (Fsp3) is 1.00. The van der Waals surface area contributed by atoms with Crippen molar-refractivity contribution >= 4 is 0 Å². The second-order valence-corrected chi connectivity index (χ2v) is 6.00. The average Bonchev–Trinajstić information content (AvgIpc) is 2.36. The maximum atomic E-state index is 11.7. The molecule has 3 nitrogen and oxygen atoms in total. The van der Waals surface area contributed by atoms with Gasteiger partial charge in [-0.25, -0.2) is 0 Å². The van der Waals surface area contributed by atoms with Crippen molar-refractivity contribution < 1.29 is 9.75 Å². The molecule has 0 aliphatic carbocycles. The zero-order valence-electron chi connectivity index (χ0n) is 13.2. The highest BCUT2D eigenvalue weighted by molar-refractivity contribution is 4.48. The summed E-state index contributed by atoms with van der Waals surface area (Å²) in [4.78, 5) is 0. The first-order valence-electron chi connectivity index (χ1n) is 8.29. The summed E-state index contributed by atoms with van der Waals surface area (Å²) in [6.07, 6.45) is 14.4. The summed E-state index contributed by atoms with van der Waals surface area (Å²) in [5.74, 6) is 0. The highest BCUT2D eigenvalue weighted by atomic mass is 16.5. The van der Waals surface area contributed by atoms with Crippen LogP contribution in [0, 0.1) is 5.21 Å². The molecule has 0 saturated carbocycles. The van der Waals surface area contributed by atoms with Crippen LogP contribution in [0.4, 0.5) is 0 Å². The second-order valence-electron chi connectivity index (χ2n) is 6.00. The molecular weight excluding hydrogens is 238 g/mol. The smallest absolute Gasteiger partial charge is 0.102 e. The Balaban J connectivity index is 3.14. The number of nitrogens with zero attached hydrogens (tertiary/aromatic N) is 1. The van der Waals surface area contributed by atoms with Crippen LogP contribution in [0.25, 0.3) is 0 Å². The predicted octanol–water partition coefficient (Wildman–Crippen LogP) is 4.23. The first-order valence-corrected chi connectivity index (χ1v) is 8.29. The third kappa shape index (κ3) is 14.1. The number of hydrogen-bond donors (Lipinski definition) is 1. The molecule has 1 unspecified atom stereocenters. The molecule has 1 N–H and O–H groups in total. The van der Waals surface area contributed by atoms with E-state index in [1.54, 1.807) is 7.05 Å². The van der Waals surface area contributed by atoms with Gasteiger partial charge in [-0.15, -0.1) is 0 Å². The Morgan fingerprint density at radius 2 is 1.16 bits per heavy atom. The van der Waals surface area contributed by atoms with Crippen molar-refractivity contribution in [3.8, 4) is 0 Å². The van der Waals surface area contributed by atoms with E-state index in [2.05, 4.69) is 6.92 Å². The van der Waals surface area contributed by atoms with Gasteiger partial charge in [0.15, 0.2) is 0 Å². The molecule has 0 spiro atoms. The quantitative estimate of drug-likeness (QED) is 0.292. The number of unbranched alkanes of at least 4 members (excludes halogenated alkanes) is 10. The van der Waals surface area contributed by atoms with Crippen LogP contribution >= 0.6 is 0 Å². The molecule has 0 bridgehead atoms. The molecule has 0 aliphatic heterocycles. The molecule has 0 rings (SSSR count). The van der Waals surface area contributed by atoms with Gasteiger partial charge in [-0.1, -0.05) is 64.7 Å². The van der Waals surface area contributed by atoms with E-state index in [0.717, 1.165) is 12.8 Å². The van der Waals surface area contributed by atoms with E-state index in [-0.39, 0.29) is 11.3 Å². The molecule has 0 heterocycles. The van der Waals surface area contributed by atoms with Crippen molar-refractivity contribution in [1.29, 1.82) is 0 Å². The Morgan fingerprint density at radius 1 is 0.737 bits per heavy atom. The van der Waals surface area contributed by atoms with Crippen LogP contribution in [0.5, 0.6) is 0 Å². The molecule has 0 saturated heterocycles. The van der Waals surface area contributed by atoms with Gasteiger partial charge in [-0.2, -0.15) is 0 Å². The van der Waals surface area contributed by atoms with E-state index in [4.69, 9.17) is 5.11 Å². The minimum atomic E-state index is -0.284. The zero-order valence-corrected chi connectivity index (χ0v) is 13.2. The van der Waals surface area contributed by atoms with E-state index in [1.165, 1.54) is 57.8 Å². The van der Waals surface area contributed by atoms with Gasteiger partial charge < -0.3 is 15.0 Å². The molecule has 0 radical (unpaired) electrons. The highest BCUT2D eigenvalue weighted by Crippen LogP contribution is 2.12. The van der Waals surface area contributed by atoms with Crippen LogP contribution < -0.4 is 0 Å². The fourth-order valence-corrected chi connectivity index (χ4v) is 2.43. The number of hydrogen-bond acceptors (Lipinski definition) is 2. The van der Waals surface area contributed by atoms with Crippen LogP contribution in [-0.2, 0) is 0 Å². The summed E-state index contributed by atoms with van der Waals surface area (Å²) < 4.78 is -0.284. The lowest BCUT2D eigenvalue weighted by Crippen LogP contribution is -2.40. The van der Waals surface area contributed by atoms with Gasteiger partial charge in [0, 0.05) is 0 Å². The minimum Gasteiger partial charge on any atom is -0.633 e. The van der Waals surface area contributed by atoms with Crippen molar-refractivity contribution in [2.45, 2.75) is 77.6 Å². The van der Waals surface area contributed by atoms with E-state index < -0.39 is 0 Å². The van der Waals surface area contributed by atoms with Crippen molar-refractivity contribution in [3.05, 3.63) is 5.21 Å². The first kappa shape index (κ1) is 18.9. The molecule has 0 aromatic rings. The van der Waals surface area contributed by atoms with Crippen molar-refractivity contribution in [2.24, 2.45) is 0 Å². The Kier molecular flexibility index (Phi) is 12.8. The minimum absolute atomic E-state index is 0.00195. The Hall–Kier alpha value is -0.120. The molecule has 3 heteroatoms. The zero-order chi connectivity index (χ0) is 14.4. The van der Waals surface area contributed by atoms with Crippen LogP contribution in [0.1, 0.15) is 77.6 Å². The molecule has 0 aromatic carbocycles.